The third kappa shape index (κ3) is 2.70. The van der Waals surface area contributed by atoms with Crippen LogP contribution in [0.3, 0.4) is 0 Å². The van der Waals surface area contributed by atoms with Crippen LogP contribution in [0, 0.1) is 0 Å². The number of aromatic nitrogens is 1. The maximum atomic E-state index is 12.6. The minimum absolute atomic E-state index is 0.159. The number of hydrogen-bond acceptors (Lipinski definition) is 1. The molecule has 1 aromatic carbocycles. The molecule has 1 nitrogen and oxygen atoms in total. The van der Waals surface area contributed by atoms with E-state index in [1.54, 1.807) is 18.3 Å². The lowest BCUT2D eigenvalue weighted by Gasteiger charge is -2.14. The third-order valence-corrected chi connectivity index (χ3v) is 2.85. The summed E-state index contributed by atoms with van der Waals surface area (Å²) in [6.45, 7) is 1.85. The fraction of sp³-hybridized carbons (Fsp3) is 0.214. The van der Waals surface area contributed by atoms with Gasteiger partial charge in [-0.25, -0.2) is 0 Å². The predicted molar refractivity (Wildman–Crippen MR) is 63.2 cm³/mol. The molecule has 1 unspecified atom stereocenters. The van der Waals surface area contributed by atoms with E-state index in [4.69, 9.17) is 0 Å². The Morgan fingerprint density at radius 1 is 1.06 bits per heavy atom. The van der Waals surface area contributed by atoms with Crippen molar-refractivity contribution in [1.29, 1.82) is 0 Å². The monoisotopic (exact) mass is 251 g/mol. The summed E-state index contributed by atoms with van der Waals surface area (Å²) in [6.07, 6.45) is -2.67. The molecule has 0 N–H and O–H groups in total. The second kappa shape index (κ2) is 4.80. The van der Waals surface area contributed by atoms with Gasteiger partial charge in [-0.2, -0.15) is 13.2 Å². The number of alkyl halides is 3. The molecule has 2 aromatic rings. The summed E-state index contributed by atoms with van der Waals surface area (Å²) < 4.78 is 37.9. The Morgan fingerprint density at radius 3 is 2.44 bits per heavy atom. The van der Waals surface area contributed by atoms with Crippen molar-refractivity contribution in [1.82, 2.24) is 4.98 Å². The molecule has 0 saturated heterocycles. The molecule has 4 heteroatoms. The molecule has 2 rings (SSSR count). The average molecular weight is 251 g/mol. The largest absolute Gasteiger partial charge is 0.416 e. The van der Waals surface area contributed by atoms with Crippen LogP contribution >= 0.6 is 0 Å². The Hall–Kier alpha value is -1.84. The molecule has 0 spiro atoms. The predicted octanol–water partition coefficient (Wildman–Crippen LogP) is 4.25. The van der Waals surface area contributed by atoms with Crippen molar-refractivity contribution in [2.45, 2.75) is 19.0 Å². The first-order valence-corrected chi connectivity index (χ1v) is 5.56. The maximum absolute atomic E-state index is 12.6. The Bertz CT molecular complexity index is 520. The number of halogens is 3. The first kappa shape index (κ1) is 12.6. The van der Waals surface area contributed by atoms with Crippen molar-refractivity contribution < 1.29 is 13.2 Å². The van der Waals surface area contributed by atoms with Crippen LogP contribution in [0.15, 0.2) is 48.7 Å². The summed E-state index contributed by atoms with van der Waals surface area (Å²) in [5.74, 6) is -0.159. The molecule has 0 aliphatic rings. The number of hydrogen-bond donors (Lipinski definition) is 0. The van der Waals surface area contributed by atoms with Crippen molar-refractivity contribution in [3.8, 4) is 0 Å². The minimum atomic E-state index is -4.31. The maximum Gasteiger partial charge on any atom is 0.416 e. The van der Waals surface area contributed by atoms with Gasteiger partial charge in [0.2, 0.25) is 0 Å². The minimum Gasteiger partial charge on any atom is -0.261 e. The second-order valence-electron chi connectivity index (χ2n) is 4.10. The Morgan fingerprint density at radius 2 is 1.83 bits per heavy atom. The normalized spacial score (nSPS) is 13.3. The van der Waals surface area contributed by atoms with Gasteiger partial charge in [0.05, 0.1) is 5.56 Å². The van der Waals surface area contributed by atoms with E-state index in [9.17, 15) is 13.2 Å². The standard InChI is InChI=1S/C14H12F3N/c1-10(13-7-2-3-8-18-13)11-5-4-6-12(9-11)14(15,16)17/h2-10H,1H3. The van der Waals surface area contributed by atoms with E-state index >= 15 is 0 Å². The smallest absolute Gasteiger partial charge is 0.261 e. The van der Waals surface area contributed by atoms with Crippen molar-refractivity contribution in [3.63, 3.8) is 0 Å². The Labute approximate surface area is 103 Å². The van der Waals surface area contributed by atoms with Crippen molar-refractivity contribution in [2.75, 3.05) is 0 Å². The lowest BCUT2D eigenvalue weighted by Crippen LogP contribution is -2.06. The lowest BCUT2D eigenvalue weighted by molar-refractivity contribution is -0.137. The van der Waals surface area contributed by atoms with Gasteiger partial charge in [-0.05, 0) is 23.8 Å². The van der Waals surface area contributed by atoms with Crippen LogP contribution in [0.2, 0.25) is 0 Å². The summed E-state index contributed by atoms with van der Waals surface area (Å²) >= 11 is 0. The molecule has 0 radical (unpaired) electrons. The van der Waals surface area contributed by atoms with Crippen LogP contribution in [0.4, 0.5) is 13.2 Å². The van der Waals surface area contributed by atoms with Gasteiger partial charge in [0.25, 0.3) is 0 Å². The van der Waals surface area contributed by atoms with Gasteiger partial charge >= 0.3 is 6.18 Å². The van der Waals surface area contributed by atoms with E-state index in [0.29, 0.717) is 5.56 Å². The summed E-state index contributed by atoms with van der Waals surface area (Å²) in [5, 5.41) is 0. The van der Waals surface area contributed by atoms with Gasteiger partial charge < -0.3 is 0 Å². The van der Waals surface area contributed by atoms with Crippen molar-refractivity contribution in [3.05, 3.63) is 65.5 Å². The van der Waals surface area contributed by atoms with Gasteiger partial charge in [-0.3, -0.25) is 4.98 Å². The molecule has 1 atom stereocenters. The second-order valence-corrected chi connectivity index (χ2v) is 4.10. The Balaban J connectivity index is 2.35. The zero-order valence-electron chi connectivity index (χ0n) is 9.78. The Kier molecular flexibility index (Phi) is 3.36. The molecule has 18 heavy (non-hydrogen) atoms. The first-order chi connectivity index (χ1) is 8.48. The molecule has 94 valence electrons. The zero-order valence-corrected chi connectivity index (χ0v) is 9.78. The van der Waals surface area contributed by atoms with Gasteiger partial charge in [-0.15, -0.1) is 0 Å². The van der Waals surface area contributed by atoms with Crippen LogP contribution < -0.4 is 0 Å². The quantitative estimate of drug-likeness (QED) is 0.777. The first-order valence-electron chi connectivity index (χ1n) is 5.56. The highest BCUT2D eigenvalue weighted by Crippen LogP contribution is 2.32. The number of benzene rings is 1. The summed E-state index contributed by atoms with van der Waals surface area (Å²) in [6, 6.07) is 10.8. The number of pyridine rings is 1. The van der Waals surface area contributed by atoms with Gasteiger partial charge in [0.1, 0.15) is 0 Å². The van der Waals surface area contributed by atoms with E-state index in [1.807, 2.05) is 19.1 Å². The zero-order chi connectivity index (χ0) is 13.2. The summed E-state index contributed by atoms with van der Waals surface area (Å²) in [5.41, 5.74) is 0.753. The molecule has 1 aromatic heterocycles. The van der Waals surface area contributed by atoms with Crippen LogP contribution in [-0.2, 0) is 6.18 Å². The molecule has 0 saturated carbocycles. The molecule has 0 amide bonds. The highest BCUT2D eigenvalue weighted by Gasteiger charge is 2.30. The number of nitrogens with zero attached hydrogens (tertiary/aromatic N) is 1. The van der Waals surface area contributed by atoms with Crippen molar-refractivity contribution >= 4 is 0 Å². The lowest BCUT2D eigenvalue weighted by atomic mass is 9.95. The topological polar surface area (TPSA) is 12.9 Å². The molecule has 1 heterocycles. The van der Waals surface area contributed by atoms with E-state index < -0.39 is 11.7 Å². The van der Waals surface area contributed by atoms with Gasteiger partial charge in [0.15, 0.2) is 0 Å². The van der Waals surface area contributed by atoms with Crippen molar-refractivity contribution in [2.24, 2.45) is 0 Å². The van der Waals surface area contributed by atoms with E-state index in [1.165, 1.54) is 12.1 Å². The highest BCUT2D eigenvalue weighted by atomic mass is 19.4. The van der Waals surface area contributed by atoms with E-state index in [-0.39, 0.29) is 5.92 Å². The van der Waals surface area contributed by atoms with Crippen LogP contribution in [0.5, 0.6) is 0 Å². The van der Waals surface area contributed by atoms with E-state index in [2.05, 4.69) is 4.98 Å². The molecule has 0 aliphatic heterocycles. The van der Waals surface area contributed by atoms with Crippen LogP contribution in [-0.4, -0.2) is 4.98 Å². The SMILES string of the molecule is CC(c1cccc(C(F)(F)F)c1)c1ccccn1. The third-order valence-electron chi connectivity index (χ3n) is 2.85. The number of rotatable bonds is 2. The summed E-state index contributed by atoms with van der Waals surface area (Å²) in [7, 11) is 0. The fourth-order valence-corrected chi connectivity index (χ4v) is 1.79. The highest BCUT2D eigenvalue weighted by molar-refractivity contribution is 5.32. The molecule has 0 aliphatic carbocycles. The molecule has 0 fully saturated rings. The van der Waals surface area contributed by atoms with Crippen LogP contribution in [0.1, 0.15) is 29.7 Å². The average Bonchev–Trinajstić information content (AvgIpc) is 2.38. The molecular weight excluding hydrogens is 239 g/mol. The molecule has 0 bridgehead atoms. The summed E-state index contributed by atoms with van der Waals surface area (Å²) in [4.78, 5) is 4.17. The van der Waals surface area contributed by atoms with E-state index in [0.717, 1.165) is 11.8 Å². The molecular formula is C14H12F3N. The fourth-order valence-electron chi connectivity index (χ4n) is 1.79. The van der Waals surface area contributed by atoms with Gasteiger partial charge in [-0.1, -0.05) is 31.2 Å². The van der Waals surface area contributed by atoms with Crippen LogP contribution in [0.25, 0.3) is 0 Å². The van der Waals surface area contributed by atoms with Gasteiger partial charge in [0, 0.05) is 17.8 Å².